The van der Waals surface area contributed by atoms with Gasteiger partial charge in [0.1, 0.15) is 0 Å². The number of hydrogen-bond acceptors (Lipinski definition) is 1. The van der Waals surface area contributed by atoms with Gasteiger partial charge in [-0.3, -0.25) is 4.79 Å². The van der Waals surface area contributed by atoms with E-state index in [0.717, 1.165) is 12.8 Å². The molecule has 0 N–H and O–H groups in total. The fraction of sp³-hybridized carbons (Fsp3) is 0.438. The lowest BCUT2D eigenvalue weighted by molar-refractivity contribution is -0.0885. The maximum Gasteiger partial charge on any atom is 0.454 e. The quantitative estimate of drug-likeness (QED) is 0.551. The van der Waals surface area contributed by atoms with Crippen LogP contribution in [0, 0.1) is 17.8 Å². The van der Waals surface area contributed by atoms with Gasteiger partial charge in [-0.1, -0.05) is 31.1 Å². The molecule has 1 saturated carbocycles. The van der Waals surface area contributed by atoms with Crippen LogP contribution >= 0.6 is 0 Å². The Balaban J connectivity index is 2.05. The van der Waals surface area contributed by atoms with Crippen molar-refractivity contribution in [2.75, 3.05) is 0 Å². The molecule has 0 unspecified atom stereocenters. The summed E-state index contributed by atoms with van der Waals surface area (Å²) >= 11 is 0. The fourth-order valence-electron chi connectivity index (χ4n) is 2.30. The molecule has 20 heavy (non-hydrogen) atoms. The molecule has 0 heterocycles. The van der Waals surface area contributed by atoms with Gasteiger partial charge in [0, 0.05) is 17.0 Å². The number of carbonyl (C=O) groups is 1. The predicted molar refractivity (Wildman–Crippen MR) is 70.3 cm³/mol. The molecule has 0 bridgehead atoms. The largest absolute Gasteiger partial charge is 0.454 e. The van der Waals surface area contributed by atoms with Gasteiger partial charge in [-0.25, -0.2) is 0 Å². The Morgan fingerprint density at radius 3 is 2.20 bits per heavy atom. The topological polar surface area (TPSA) is 17.1 Å². The van der Waals surface area contributed by atoms with Crippen molar-refractivity contribution in [2.45, 2.75) is 38.3 Å². The Bertz CT molecular complexity index is 526. The lowest BCUT2D eigenvalue weighted by atomic mass is 9.89. The van der Waals surface area contributed by atoms with E-state index in [2.05, 4.69) is 11.8 Å². The van der Waals surface area contributed by atoms with E-state index in [1.807, 2.05) is 0 Å². The fourth-order valence-corrected chi connectivity index (χ4v) is 2.30. The molecular formula is C16H15F3O. The van der Waals surface area contributed by atoms with Gasteiger partial charge in [0.05, 0.1) is 0 Å². The van der Waals surface area contributed by atoms with Crippen molar-refractivity contribution in [3.63, 3.8) is 0 Å². The van der Waals surface area contributed by atoms with E-state index in [9.17, 15) is 18.0 Å². The molecule has 2 rings (SSSR count). The van der Waals surface area contributed by atoms with E-state index < -0.39 is 12.0 Å². The van der Waals surface area contributed by atoms with Crippen LogP contribution in [0.15, 0.2) is 24.3 Å². The van der Waals surface area contributed by atoms with Crippen molar-refractivity contribution in [2.24, 2.45) is 5.92 Å². The summed E-state index contributed by atoms with van der Waals surface area (Å²) in [4.78, 5) is 11.0. The highest BCUT2D eigenvalue weighted by Gasteiger charge is 2.39. The third kappa shape index (κ3) is 3.86. The first-order chi connectivity index (χ1) is 9.47. The molecular weight excluding hydrogens is 265 g/mol. The van der Waals surface area contributed by atoms with Gasteiger partial charge in [0.2, 0.25) is 0 Å². The first-order valence-electron chi connectivity index (χ1n) is 6.70. The van der Waals surface area contributed by atoms with Crippen molar-refractivity contribution in [1.29, 1.82) is 0 Å². The molecule has 0 radical (unpaired) electrons. The summed E-state index contributed by atoms with van der Waals surface area (Å²) in [5.41, 5.74) is 0.301. The Morgan fingerprint density at radius 1 is 1.05 bits per heavy atom. The summed E-state index contributed by atoms with van der Waals surface area (Å²) in [6, 6.07) is 5.30. The highest BCUT2D eigenvalue weighted by atomic mass is 19.4. The molecule has 106 valence electrons. The molecule has 0 amide bonds. The molecule has 0 spiro atoms. The number of rotatable bonds is 1. The summed E-state index contributed by atoms with van der Waals surface area (Å²) in [5, 5.41) is 0. The number of alkyl halides is 3. The average molecular weight is 280 g/mol. The van der Waals surface area contributed by atoms with Crippen LogP contribution in [0.4, 0.5) is 13.2 Å². The van der Waals surface area contributed by atoms with E-state index >= 15 is 0 Å². The van der Waals surface area contributed by atoms with E-state index in [1.165, 1.54) is 43.5 Å². The number of hydrogen-bond donors (Lipinski definition) is 0. The third-order valence-corrected chi connectivity index (χ3v) is 3.43. The second-order valence-corrected chi connectivity index (χ2v) is 5.01. The van der Waals surface area contributed by atoms with E-state index in [4.69, 9.17) is 0 Å². The van der Waals surface area contributed by atoms with Crippen LogP contribution in [0.1, 0.15) is 48.0 Å². The predicted octanol–water partition coefficient (Wildman–Crippen LogP) is 4.36. The lowest BCUT2D eigenvalue weighted by Gasteiger charge is -2.15. The van der Waals surface area contributed by atoms with Crippen LogP contribution in [0.25, 0.3) is 0 Å². The van der Waals surface area contributed by atoms with Crippen LogP contribution in [0.5, 0.6) is 0 Å². The minimum atomic E-state index is -4.82. The van der Waals surface area contributed by atoms with Gasteiger partial charge in [0.15, 0.2) is 0 Å². The Hall–Kier alpha value is -1.76. The summed E-state index contributed by atoms with van der Waals surface area (Å²) in [6.07, 6.45) is 1.01. The molecule has 0 saturated heterocycles. The molecule has 0 atom stereocenters. The SMILES string of the molecule is O=C(c1ccc(C#CC2CCCCC2)cc1)C(F)(F)F. The molecule has 4 heteroatoms. The molecule has 1 aliphatic rings. The van der Waals surface area contributed by atoms with Crippen LogP contribution in [0.3, 0.4) is 0 Å². The zero-order chi connectivity index (χ0) is 14.6. The smallest absolute Gasteiger partial charge is 0.284 e. The number of ketones is 1. The monoisotopic (exact) mass is 280 g/mol. The van der Waals surface area contributed by atoms with Crippen molar-refractivity contribution in [1.82, 2.24) is 0 Å². The first kappa shape index (κ1) is 14.6. The van der Waals surface area contributed by atoms with Crippen LogP contribution in [0.2, 0.25) is 0 Å². The van der Waals surface area contributed by atoms with Crippen molar-refractivity contribution in [3.05, 3.63) is 35.4 Å². The van der Waals surface area contributed by atoms with E-state index in [-0.39, 0.29) is 5.56 Å². The minimum absolute atomic E-state index is 0.347. The first-order valence-corrected chi connectivity index (χ1v) is 6.70. The zero-order valence-electron chi connectivity index (χ0n) is 11.0. The summed E-state index contributed by atoms with van der Waals surface area (Å²) in [7, 11) is 0. The van der Waals surface area contributed by atoms with Gasteiger partial charge < -0.3 is 0 Å². The second kappa shape index (κ2) is 6.13. The molecule has 1 aromatic carbocycles. The maximum absolute atomic E-state index is 12.2. The van der Waals surface area contributed by atoms with Gasteiger partial charge in [-0.05, 0) is 37.1 Å². The van der Waals surface area contributed by atoms with Crippen LogP contribution < -0.4 is 0 Å². The average Bonchev–Trinajstić information content (AvgIpc) is 2.45. The standard InChI is InChI=1S/C16H15F3O/c17-16(18,19)15(20)14-10-8-13(9-11-14)7-6-12-4-2-1-3-5-12/h8-12H,1-5H2. The molecule has 0 aliphatic heterocycles. The van der Waals surface area contributed by atoms with Crippen LogP contribution in [-0.2, 0) is 0 Å². The van der Waals surface area contributed by atoms with E-state index in [0.29, 0.717) is 11.5 Å². The number of benzene rings is 1. The van der Waals surface area contributed by atoms with E-state index in [1.54, 1.807) is 0 Å². The van der Waals surface area contributed by atoms with Gasteiger partial charge in [0.25, 0.3) is 5.78 Å². The highest BCUT2D eigenvalue weighted by molar-refractivity contribution is 6.00. The molecule has 1 aromatic rings. The Labute approximate surface area is 116 Å². The zero-order valence-corrected chi connectivity index (χ0v) is 11.0. The number of halogens is 3. The van der Waals surface area contributed by atoms with Gasteiger partial charge >= 0.3 is 6.18 Å². The second-order valence-electron chi connectivity index (χ2n) is 5.01. The molecule has 1 aliphatic carbocycles. The Morgan fingerprint density at radius 2 is 1.65 bits per heavy atom. The van der Waals surface area contributed by atoms with Crippen LogP contribution in [-0.4, -0.2) is 12.0 Å². The van der Waals surface area contributed by atoms with Gasteiger partial charge in [-0.15, -0.1) is 0 Å². The number of carbonyl (C=O) groups excluding carboxylic acids is 1. The molecule has 0 aromatic heterocycles. The molecule has 1 nitrogen and oxygen atoms in total. The minimum Gasteiger partial charge on any atom is -0.284 e. The highest BCUT2D eigenvalue weighted by Crippen LogP contribution is 2.23. The van der Waals surface area contributed by atoms with Crippen molar-refractivity contribution in [3.8, 4) is 11.8 Å². The lowest BCUT2D eigenvalue weighted by Crippen LogP contribution is -2.22. The Kier molecular flexibility index (Phi) is 4.49. The van der Waals surface area contributed by atoms with Gasteiger partial charge in [-0.2, -0.15) is 13.2 Å². The normalized spacial score (nSPS) is 16.4. The molecule has 1 fully saturated rings. The number of Topliss-reactive ketones (excluding diaryl/α,β-unsaturated/α-hetero) is 1. The third-order valence-electron chi connectivity index (χ3n) is 3.43. The maximum atomic E-state index is 12.2. The summed E-state index contributed by atoms with van der Waals surface area (Å²) in [6.45, 7) is 0. The summed E-state index contributed by atoms with van der Waals surface area (Å²) in [5.74, 6) is 4.71. The van der Waals surface area contributed by atoms with Crippen molar-refractivity contribution < 1.29 is 18.0 Å². The summed E-state index contributed by atoms with van der Waals surface area (Å²) < 4.78 is 36.7. The van der Waals surface area contributed by atoms with Crippen molar-refractivity contribution >= 4 is 5.78 Å².